The zero-order valence-corrected chi connectivity index (χ0v) is 17.2. The maximum absolute atomic E-state index is 12.6. The molecule has 5 nitrogen and oxygen atoms in total. The first kappa shape index (κ1) is 19.9. The van der Waals surface area contributed by atoms with Crippen LogP contribution in [0.25, 0.3) is 5.69 Å². The standard InChI is InChI=1S/C22H23N3O2S/c1-14-5-8-18(9-6-14)25-21(26)12-11-20(24-25)28-17(4)22(27)23-19-10-7-15(2)13-16(19)3/h5-13,17H,1-4H3,(H,23,27)/t17-/m0/s1. The van der Waals surface area contributed by atoms with Crippen molar-refractivity contribution in [2.24, 2.45) is 0 Å². The van der Waals surface area contributed by atoms with Gasteiger partial charge in [0.05, 0.1) is 10.9 Å². The van der Waals surface area contributed by atoms with Gasteiger partial charge in [-0.3, -0.25) is 9.59 Å². The van der Waals surface area contributed by atoms with Crippen molar-refractivity contribution in [3.05, 3.63) is 81.6 Å². The van der Waals surface area contributed by atoms with Crippen molar-refractivity contribution in [1.29, 1.82) is 0 Å². The number of hydrogen-bond acceptors (Lipinski definition) is 4. The van der Waals surface area contributed by atoms with Crippen LogP contribution < -0.4 is 10.9 Å². The third-order valence-corrected chi connectivity index (χ3v) is 5.39. The lowest BCUT2D eigenvalue weighted by Crippen LogP contribution is -2.24. The summed E-state index contributed by atoms with van der Waals surface area (Å²) in [6.45, 7) is 7.81. The molecule has 1 N–H and O–H groups in total. The number of carbonyl (C=O) groups excluding carboxylic acids is 1. The summed E-state index contributed by atoms with van der Waals surface area (Å²) < 4.78 is 1.36. The molecular formula is C22H23N3O2S. The van der Waals surface area contributed by atoms with Crippen LogP contribution in [0.3, 0.4) is 0 Å². The number of amides is 1. The molecule has 0 aliphatic heterocycles. The SMILES string of the molecule is Cc1ccc(-n2nc(S[C@@H](C)C(=O)Nc3ccc(C)cc3C)ccc2=O)cc1. The smallest absolute Gasteiger partial charge is 0.271 e. The zero-order valence-electron chi connectivity index (χ0n) is 16.4. The van der Waals surface area contributed by atoms with Gasteiger partial charge in [0, 0.05) is 11.8 Å². The highest BCUT2D eigenvalue weighted by Gasteiger charge is 2.17. The molecule has 0 aliphatic carbocycles. The van der Waals surface area contributed by atoms with Crippen molar-refractivity contribution in [2.45, 2.75) is 38.0 Å². The molecular weight excluding hydrogens is 370 g/mol. The lowest BCUT2D eigenvalue weighted by Gasteiger charge is -2.14. The fourth-order valence-corrected chi connectivity index (χ4v) is 3.55. The molecule has 2 aromatic carbocycles. The Bertz CT molecular complexity index is 1060. The van der Waals surface area contributed by atoms with Gasteiger partial charge in [0.25, 0.3) is 5.56 Å². The molecule has 0 aliphatic rings. The van der Waals surface area contributed by atoms with Crippen LogP contribution in [0.1, 0.15) is 23.6 Å². The molecule has 1 heterocycles. The first-order valence-electron chi connectivity index (χ1n) is 9.06. The van der Waals surface area contributed by atoms with Gasteiger partial charge in [-0.05, 0) is 57.5 Å². The number of anilines is 1. The molecule has 0 saturated heterocycles. The Balaban J connectivity index is 1.75. The van der Waals surface area contributed by atoms with Crippen LogP contribution in [0.5, 0.6) is 0 Å². The van der Waals surface area contributed by atoms with Crippen molar-refractivity contribution in [1.82, 2.24) is 9.78 Å². The van der Waals surface area contributed by atoms with Gasteiger partial charge in [-0.2, -0.15) is 9.78 Å². The van der Waals surface area contributed by atoms with E-state index in [2.05, 4.69) is 10.4 Å². The number of carbonyl (C=O) groups is 1. The minimum Gasteiger partial charge on any atom is -0.325 e. The second-order valence-corrected chi connectivity index (χ2v) is 8.19. The summed E-state index contributed by atoms with van der Waals surface area (Å²) in [6, 6.07) is 16.6. The van der Waals surface area contributed by atoms with E-state index in [0.29, 0.717) is 10.7 Å². The second kappa shape index (κ2) is 8.44. The van der Waals surface area contributed by atoms with Crippen LogP contribution in [0.4, 0.5) is 5.69 Å². The average Bonchev–Trinajstić information content (AvgIpc) is 2.66. The van der Waals surface area contributed by atoms with E-state index in [-0.39, 0.29) is 16.7 Å². The topological polar surface area (TPSA) is 64.0 Å². The zero-order chi connectivity index (χ0) is 20.3. The maximum Gasteiger partial charge on any atom is 0.271 e. The quantitative estimate of drug-likeness (QED) is 0.657. The lowest BCUT2D eigenvalue weighted by molar-refractivity contribution is -0.115. The number of benzene rings is 2. The van der Waals surface area contributed by atoms with Gasteiger partial charge >= 0.3 is 0 Å². The average molecular weight is 394 g/mol. The Morgan fingerprint density at radius 1 is 1.00 bits per heavy atom. The molecule has 0 fully saturated rings. The predicted octanol–water partition coefficient (Wildman–Crippen LogP) is 4.28. The van der Waals surface area contributed by atoms with Crippen LogP contribution in [0.2, 0.25) is 0 Å². The van der Waals surface area contributed by atoms with Gasteiger partial charge in [-0.15, -0.1) is 0 Å². The van der Waals surface area contributed by atoms with Crippen molar-refractivity contribution in [3.63, 3.8) is 0 Å². The molecule has 0 bridgehead atoms. The van der Waals surface area contributed by atoms with Crippen LogP contribution >= 0.6 is 11.8 Å². The normalized spacial score (nSPS) is 11.9. The van der Waals surface area contributed by atoms with Crippen LogP contribution in [-0.4, -0.2) is 20.9 Å². The summed E-state index contributed by atoms with van der Waals surface area (Å²) in [7, 11) is 0. The van der Waals surface area contributed by atoms with Crippen LogP contribution in [0.15, 0.2) is 64.4 Å². The highest BCUT2D eigenvalue weighted by Crippen LogP contribution is 2.23. The number of thioether (sulfide) groups is 1. The van der Waals surface area contributed by atoms with E-state index < -0.39 is 0 Å². The molecule has 3 aromatic rings. The Morgan fingerprint density at radius 2 is 1.68 bits per heavy atom. The third kappa shape index (κ3) is 4.70. The monoisotopic (exact) mass is 393 g/mol. The van der Waals surface area contributed by atoms with E-state index in [0.717, 1.165) is 22.4 Å². The largest absolute Gasteiger partial charge is 0.325 e. The van der Waals surface area contributed by atoms with Crippen molar-refractivity contribution >= 4 is 23.4 Å². The van der Waals surface area contributed by atoms with Crippen LogP contribution in [0, 0.1) is 20.8 Å². The van der Waals surface area contributed by atoms with Gasteiger partial charge in [-0.25, -0.2) is 0 Å². The van der Waals surface area contributed by atoms with E-state index in [9.17, 15) is 9.59 Å². The fraction of sp³-hybridized carbons (Fsp3) is 0.227. The summed E-state index contributed by atoms with van der Waals surface area (Å²) in [6.07, 6.45) is 0. The summed E-state index contributed by atoms with van der Waals surface area (Å²) in [4.78, 5) is 24.8. The molecule has 144 valence electrons. The number of nitrogens with one attached hydrogen (secondary N) is 1. The Morgan fingerprint density at radius 3 is 2.36 bits per heavy atom. The van der Waals surface area contributed by atoms with Crippen molar-refractivity contribution in [3.8, 4) is 5.69 Å². The maximum atomic E-state index is 12.6. The first-order valence-corrected chi connectivity index (χ1v) is 9.93. The summed E-state index contributed by atoms with van der Waals surface area (Å²) in [5.74, 6) is -0.105. The van der Waals surface area contributed by atoms with Gasteiger partial charge in [0.2, 0.25) is 5.91 Å². The molecule has 1 amide bonds. The summed E-state index contributed by atoms with van der Waals surface area (Å²) in [5, 5.41) is 7.63. The minimum atomic E-state index is -0.364. The van der Waals surface area contributed by atoms with Crippen molar-refractivity contribution < 1.29 is 4.79 Å². The minimum absolute atomic E-state index is 0.105. The Hall–Kier alpha value is -2.86. The van der Waals surface area contributed by atoms with E-state index in [1.165, 1.54) is 22.5 Å². The summed E-state index contributed by atoms with van der Waals surface area (Å²) >= 11 is 1.32. The number of hydrogen-bond donors (Lipinski definition) is 1. The first-order chi connectivity index (χ1) is 13.3. The third-order valence-electron chi connectivity index (χ3n) is 4.36. The van der Waals surface area contributed by atoms with E-state index in [1.807, 2.05) is 70.2 Å². The molecule has 3 rings (SSSR count). The predicted molar refractivity (Wildman–Crippen MR) is 114 cm³/mol. The van der Waals surface area contributed by atoms with Gasteiger partial charge in [-0.1, -0.05) is 47.2 Å². The molecule has 6 heteroatoms. The molecule has 0 spiro atoms. The fourth-order valence-electron chi connectivity index (χ4n) is 2.75. The van der Waals surface area contributed by atoms with Gasteiger partial charge < -0.3 is 5.32 Å². The lowest BCUT2D eigenvalue weighted by atomic mass is 10.1. The molecule has 1 aromatic heterocycles. The molecule has 0 saturated carbocycles. The summed E-state index contributed by atoms with van der Waals surface area (Å²) in [5.41, 5.74) is 4.59. The molecule has 0 unspecified atom stereocenters. The Labute approximate surface area is 168 Å². The Kier molecular flexibility index (Phi) is 5.99. The second-order valence-electron chi connectivity index (χ2n) is 6.82. The number of aromatic nitrogens is 2. The molecule has 1 atom stereocenters. The van der Waals surface area contributed by atoms with Gasteiger partial charge in [0.15, 0.2) is 0 Å². The van der Waals surface area contributed by atoms with Crippen LogP contribution in [-0.2, 0) is 4.79 Å². The highest BCUT2D eigenvalue weighted by molar-refractivity contribution is 8.00. The van der Waals surface area contributed by atoms with Crippen molar-refractivity contribution in [2.75, 3.05) is 5.32 Å². The van der Waals surface area contributed by atoms with E-state index in [1.54, 1.807) is 6.07 Å². The highest BCUT2D eigenvalue weighted by atomic mass is 32.2. The van der Waals surface area contributed by atoms with E-state index in [4.69, 9.17) is 0 Å². The van der Waals surface area contributed by atoms with E-state index >= 15 is 0 Å². The number of rotatable bonds is 5. The molecule has 28 heavy (non-hydrogen) atoms. The number of nitrogens with zero attached hydrogens (tertiary/aromatic N) is 2. The van der Waals surface area contributed by atoms with Gasteiger partial charge in [0.1, 0.15) is 5.03 Å². The number of aryl methyl sites for hydroxylation is 3. The molecule has 0 radical (unpaired) electrons.